The number of hydrogen-bond acceptors (Lipinski definition) is 2. The SMILES string of the molecule is CC(C)=CCNC(=O)Nc1ccc(F)c(C(=O)O)c1. The van der Waals surface area contributed by atoms with Gasteiger partial charge in [-0.25, -0.2) is 14.0 Å². The van der Waals surface area contributed by atoms with Gasteiger partial charge in [-0.1, -0.05) is 11.6 Å². The number of urea groups is 1. The van der Waals surface area contributed by atoms with Gasteiger partial charge in [0.05, 0.1) is 5.56 Å². The number of carboxylic acids is 1. The van der Waals surface area contributed by atoms with Gasteiger partial charge in [-0.2, -0.15) is 0 Å². The number of carbonyl (C=O) groups excluding carboxylic acids is 1. The van der Waals surface area contributed by atoms with Crippen LogP contribution in [0.5, 0.6) is 0 Å². The zero-order valence-corrected chi connectivity index (χ0v) is 10.7. The Morgan fingerprint density at radius 2 is 2.05 bits per heavy atom. The number of amides is 2. The Labute approximate surface area is 110 Å². The minimum Gasteiger partial charge on any atom is -0.478 e. The maximum Gasteiger partial charge on any atom is 0.338 e. The Morgan fingerprint density at radius 3 is 2.63 bits per heavy atom. The van der Waals surface area contributed by atoms with E-state index in [1.165, 1.54) is 6.07 Å². The van der Waals surface area contributed by atoms with Crippen molar-refractivity contribution in [3.05, 3.63) is 41.2 Å². The van der Waals surface area contributed by atoms with E-state index in [2.05, 4.69) is 10.6 Å². The minimum atomic E-state index is -1.38. The predicted molar refractivity (Wildman–Crippen MR) is 69.8 cm³/mol. The number of aromatic carboxylic acids is 1. The van der Waals surface area contributed by atoms with Crippen LogP contribution in [0.4, 0.5) is 14.9 Å². The molecule has 1 aromatic carbocycles. The number of rotatable bonds is 4. The number of benzene rings is 1. The van der Waals surface area contributed by atoms with Crippen molar-refractivity contribution in [3.8, 4) is 0 Å². The third-order valence-electron chi connectivity index (χ3n) is 2.23. The van der Waals surface area contributed by atoms with E-state index in [-0.39, 0.29) is 5.69 Å². The van der Waals surface area contributed by atoms with Crippen LogP contribution in [0.3, 0.4) is 0 Å². The van der Waals surface area contributed by atoms with Crippen LogP contribution in [0.15, 0.2) is 29.8 Å². The minimum absolute atomic E-state index is 0.216. The van der Waals surface area contributed by atoms with Gasteiger partial charge in [0.25, 0.3) is 0 Å². The van der Waals surface area contributed by atoms with E-state index in [0.29, 0.717) is 6.54 Å². The van der Waals surface area contributed by atoms with Crippen LogP contribution < -0.4 is 10.6 Å². The molecule has 0 saturated carbocycles. The molecule has 0 heterocycles. The van der Waals surface area contributed by atoms with Crippen LogP contribution in [0, 0.1) is 5.82 Å². The van der Waals surface area contributed by atoms with Crippen molar-refractivity contribution in [3.63, 3.8) is 0 Å². The Hall–Kier alpha value is -2.37. The molecule has 0 radical (unpaired) electrons. The second-order valence-electron chi connectivity index (χ2n) is 4.12. The van der Waals surface area contributed by atoms with Crippen molar-refractivity contribution in [2.24, 2.45) is 0 Å². The van der Waals surface area contributed by atoms with Crippen molar-refractivity contribution >= 4 is 17.7 Å². The Bertz CT molecular complexity index is 523. The second-order valence-corrected chi connectivity index (χ2v) is 4.12. The summed E-state index contributed by atoms with van der Waals surface area (Å²) in [6.45, 7) is 4.17. The molecule has 0 unspecified atom stereocenters. The maximum atomic E-state index is 13.1. The monoisotopic (exact) mass is 266 g/mol. The first-order valence-corrected chi connectivity index (χ1v) is 5.61. The molecule has 6 heteroatoms. The van der Waals surface area contributed by atoms with E-state index in [1.807, 2.05) is 19.9 Å². The number of allylic oxidation sites excluding steroid dienone is 1. The molecule has 0 bridgehead atoms. The molecule has 0 saturated heterocycles. The molecule has 5 nitrogen and oxygen atoms in total. The summed E-state index contributed by atoms with van der Waals surface area (Å²) in [6, 6.07) is 2.87. The maximum absolute atomic E-state index is 13.1. The first kappa shape index (κ1) is 14.7. The molecular weight excluding hydrogens is 251 g/mol. The summed E-state index contributed by atoms with van der Waals surface area (Å²) in [7, 11) is 0. The van der Waals surface area contributed by atoms with E-state index in [4.69, 9.17) is 5.11 Å². The average molecular weight is 266 g/mol. The molecular formula is C13H15FN2O3. The molecule has 102 valence electrons. The summed E-state index contributed by atoms with van der Waals surface area (Å²) in [5.74, 6) is -2.23. The molecule has 2 amide bonds. The summed E-state index contributed by atoms with van der Waals surface area (Å²) in [5.41, 5.74) is 0.797. The summed E-state index contributed by atoms with van der Waals surface area (Å²) in [6.07, 6.45) is 1.83. The average Bonchev–Trinajstić information content (AvgIpc) is 2.30. The summed E-state index contributed by atoms with van der Waals surface area (Å²) in [4.78, 5) is 22.2. The zero-order valence-electron chi connectivity index (χ0n) is 10.7. The van der Waals surface area contributed by atoms with Crippen molar-refractivity contribution < 1.29 is 19.1 Å². The molecule has 19 heavy (non-hydrogen) atoms. The van der Waals surface area contributed by atoms with Crippen LogP contribution >= 0.6 is 0 Å². The van der Waals surface area contributed by atoms with Crippen LogP contribution in [0.2, 0.25) is 0 Å². The zero-order chi connectivity index (χ0) is 14.4. The fourth-order valence-electron chi connectivity index (χ4n) is 1.29. The third-order valence-corrected chi connectivity index (χ3v) is 2.23. The lowest BCUT2D eigenvalue weighted by atomic mass is 10.2. The molecule has 0 aromatic heterocycles. The highest BCUT2D eigenvalue weighted by molar-refractivity contribution is 5.93. The number of carbonyl (C=O) groups is 2. The molecule has 0 spiro atoms. The quantitative estimate of drug-likeness (QED) is 0.733. The third kappa shape index (κ3) is 4.79. The van der Waals surface area contributed by atoms with Gasteiger partial charge in [0.1, 0.15) is 5.82 Å². The highest BCUT2D eigenvalue weighted by atomic mass is 19.1. The molecule has 0 aliphatic heterocycles. The molecule has 0 aliphatic rings. The second kappa shape index (κ2) is 6.53. The Balaban J connectivity index is 2.67. The topological polar surface area (TPSA) is 78.4 Å². The number of hydrogen-bond donors (Lipinski definition) is 3. The van der Waals surface area contributed by atoms with E-state index in [9.17, 15) is 14.0 Å². The van der Waals surface area contributed by atoms with Crippen molar-refractivity contribution in [1.29, 1.82) is 0 Å². The summed E-state index contributed by atoms with van der Waals surface area (Å²) >= 11 is 0. The van der Waals surface area contributed by atoms with Crippen LogP contribution in [0.25, 0.3) is 0 Å². The van der Waals surface area contributed by atoms with Gasteiger partial charge in [-0.15, -0.1) is 0 Å². The van der Waals surface area contributed by atoms with Gasteiger partial charge < -0.3 is 15.7 Å². The standard InChI is InChI=1S/C13H15FN2O3/c1-8(2)5-6-15-13(19)16-9-3-4-11(14)10(7-9)12(17)18/h3-5,7H,6H2,1-2H3,(H,17,18)(H2,15,16,19). The molecule has 3 N–H and O–H groups in total. The number of carboxylic acid groups (broad SMARTS) is 1. The van der Waals surface area contributed by atoms with E-state index < -0.39 is 23.4 Å². The van der Waals surface area contributed by atoms with E-state index in [1.54, 1.807) is 0 Å². The van der Waals surface area contributed by atoms with Crippen molar-refractivity contribution in [2.75, 3.05) is 11.9 Å². The number of nitrogens with one attached hydrogen (secondary N) is 2. The molecule has 0 fully saturated rings. The van der Waals surface area contributed by atoms with Crippen LogP contribution in [0.1, 0.15) is 24.2 Å². The van der Waals surface area contributed by atoms with Crippen molar-refractivity contribution in [2.45, 2.75) is 13.8 Å². The van der Waals surface area contributed by atoms with Crippen LogP contribution in [-0.4, -0.2) is 23.7 Å². The van der Waals surface area contributed by atoms with Gasteiger partial charge in [0.2, 0.25) is 0 Å². The Morgan fingerprint density at radius 1 is 1.37 bits per heavy atom. The summed E-state index contributed by atoms with van der Waals surface area (Å²) in [5, 5.41) is 13.7. The van der Waals surface area contributed by atoms with Gasteiger partial charge >= 0.3 is 12.0 Å². The normalized spacial score (nSPS) is 9.63. The first-order valence-electron chi connectivity index (χ1n) is 5.61. The lowest BCUT2D eigenvalue weighted by Crippen LogP contribution is -2.28. The lowest BCUT2D eigenvalue weighted by Gasteiger charge is -2.07. The smallest absolute Gasteiger partial charge is 0.338 e. The molecule has 1 rings (SSSR count). The molecule has 0 atom stereocenters. The fourth-order valence-corrected chi connectivity index (χ4v) is 1.29. The van der Waals surface area contributed by atoms with Gasteiger partial charge in [0.15, 0.2) is 0 Å². The number of anilines is 1. The fraction of sp³-hybridized carbons (Fsp3) is 0.231. The van der Waals surface area contributed by atoms with E-state index in [0.717, 1.165) is 17.7 Å². The predicted octanol–water partition coefficient (Wildman–Crippen LogP) is 2.61. The first-order chi connectivity index (χ1) is 8.90. The molecule has 0 aliphatic carbocycles. The van der Waals surface area contributed by atoms with Gasteiger partial charge in [-0.3, -0.25) is 0 Å². The number of halogens is 1. The van der Waals surface area contributed by atoms with Crippen molar-refractivity contribution in [1.82, 2.24) is 5.32 Å². The van der Waals surface area contributed by atoms with Gasteiger partial charge in [0, 0.05) is 12.2 Å². The summed E-state index contributed by atoms with van der Waals surface area (Å²) < 4.78 is 13.1. The van der Waals surface area contributed by atoms with Crippen LogP contribution in [-0.2, 0) is 0 Å². The Kier molecular flexibility index (Phi) is 5.05. The van der Waals surface area contributed by atoms with E-state index >= 15 is 0 Å². The lowest BCUT2D eigenvalue weighted by molar-refractivity contribution is 0.0692. The largest absolute Gasteiger partial charge is 0.478 e. The molecule has 1 aromatic rings. The highest BCUT2D eigenvalue weighted by Crippen LogP contribution is 2.14. The van der Waals surface area contributed by atoms with Gasteiger partial charge in [-0.05, 0) is 32.0 Å². The highest BCUT2D eigenvalue weighted by Gasteiger charge is 2.11.